The predicted octanol–water partition coefficient (Wildman–Crippen LogP) is 4.67. The Morgan fingerprint density at radius 2 is 1.72 bits per heavy atom. The van der Waals surface area contributed by atoms with E-state index in [2.05, 4.69) is 9.97 Å². The van der Waals surface area contributed by atoms with Gasteiger partial charge in [-0.15, -0.1) is 0 Å². The van der Waals surface area contributed by atoms with Crippen molar-refractivity contribution in [2.24, 2.45) is 0 Å². The number of piperazine rings is 1. The molecule has 0 saturated carbocycles. The zero-order valence-corrected chi connectivity index (χ0v) is 18.2. The molecule has 5 nitrogen and oxygen atoms in total. The molecule has 2 heterocycles. The van der Waals surface area contributed by atoms with Gasteiger partial charge in [0, 0.05) is 48.9 Å². The molecule has 1 saturated heterocycles. The van der Waals surface area contributed by atoms with Crippen LogP contribution in [0.15, 0.2) is 53.3 Å². The van der Waals surface area contributed by atoms with Crippen LogP contribution in [0.2, 0.25) is 5.02 Å². The third-order valence-electron chi connectivity index (χ3n) is 5.60. The van der Waals surface area contributed by atoms with E-state index < -0.39 is 11.7 Å². The molecule has 168 valence electrons. The first-order valence-electron chi connectivity index (χ1n) is 10.2. The van der Waals surface area contributed by atoms with Gasteiger partial charge in [0.25, 0.3) is 5.56 Å². The molecule has 32 heavy (non-hydrogen) atoms. The van der Waals surface area contributed by atoms with Crippen molar-refractivity contribution in [2.45, 2.75) is 19.5 Å². The lowest BCUT2D eigenvalue weighted by molar-refractivity contribution is -0.137. The first-order chi connectivity index (χ1) is 15.2. The Morgan fingerprint density at radius 1 is 1.03 bits per heavy atom. The topological polar surface area (TPSA) is 52.2 Å². The molecule has 0 spiro atoms. The highest BCUT2D eigenvalue weighted by atomic mass is 35.5. The maximum Gasteiger partial charge on any atom is 0.416 e. The van der Waals surface area contributed by atoms with E-state index in [0.29, 0.717) is 60.5 Å². The van der Waals surface area contributed by atoms with E-state index in [-0.39, 0.29) is 5.56 Å². The molecule has 1 aromatic heterocycles. The summed E-state index contributed by atoms with van der Waals surface area (Å²) >= 11 is 6.04. The highest BCUT2D eigenvalue weighted by Gasteiger charge is 2.31. The van der Waals surface area contributed by atoms with Crippen molar-refractivity contribution in [3.05, 3.63) is 86.3 Å². The number of rotatable bonds is 4. The fraction of sp³-hybridized carbons (Fsp3) is 0.304. The van der Waals surface area contributed by atoms with Gasteiger partial charge in [-0.05, 0) is 42.8 Å². The molecule has 2 aromatic carbocycles. The average Bonchev–Trinajstić information content (AvgIpc) is 2.76. The Kier molecular flexibility index (Phi) is 6.15. The van der Waals surface area contributed by atoms with Crippen LogP contribution >= 0.6 is 11.6 Å². The van der Waals surface area contributed by atoms with E-state index in [0.717, 1.165) is 11.6 Å². The molecule has 4 rings (SSSR count). The second-order valence-electron chi connectivity index (χ2n) is 7.78. The second-order valence-corrected chi connectivity index (χ2v) is 8.22. The molecule has 0 atom stereocenters. The van der Waals surface area contributed by atoms with Crippen molar-refractivity contribution in [3.63, 3.8) is 0 Å². The fourth-order valence-electron chi connectivity index (χ4n) is 3.86. The number of hydrogen-bond acceptors (Lipinski definition) is 4. The minimum absolute atomic E-state index is 0.201. The third-order valence-corrected chi connectivity index (χ3v) is 5.83. The number of anilines is 2. The monoisotopic (exact) mass is 462 g/mol. The van der Waals surface area contributed by atoms with Crippen molar-refractivity contribution in [2.75, 3.05) is 36.0 Å². The third kappa shape index (κ3) is 4.91. The van der Waals surface area contributed by atoms with Crippen LogP contribution in [0.3, 0.4) is 0 Å². The molecule has 0 amide bonds. The van der Waals surface area contributed by atoms with Crippen LogP contribution in [0, 0.1) is 6.92 Å². The lowest BCUT2D eigenvalue weighted by atomic mass is 10.1. The summed E-state index contributed by atoms with van der Waals surface area (Å²) in [6.07, 6.45) is -3.94. The number of aryl methyl sites for hydroxylation is 1. The summed E-state index contributed by atoms with van der Waals surface area (Å²) in [7, 11) is 0. The fourth-order valence-corrected chi connectivity index (χ4v) is 4.07. The van der Waals surface area contributed by atoms with Gasteiger partial charge in [0.05, 0.1) is 11.3 Å². The highest BCUT2D eigenvalue weighted by Crippen LogP contribution is 2.32. The van der Waals surface area contributed by atoms with Gasteiger partial charge in [-0.1, -0.05) is 29.8 Å². The number of halogens is 4. The lowest BCUT2D eigenvalue weighted by Crippen LogP contribution is -2.47. The van der Waals surface area contributed by atoms with E-state index in [1.807, 2.05) is 28.0 Å². The van der Waals surface area contributed by atoms with Crippen molar-refractivity contribution < 1.29 is 13.2 Å². The van der Waals surface area contributed by atoms with Crippen LogP contribution in [0.25, 0.3) is 0 Å². The van der Waals surface area contributed by atoms with E-state index in [9.17, 15) is 18.0 Å². The van der Waals surface area contributed by atoms with Crippen LogP contribution in [0.1, 0.15) is 22.4 Å². The molecule has 9 heteroatoms. The molecule has 0 bridgehead atoms. The summed E-state index contributed by atoms with van der Waals surface area (Å²) in [4.78, 5) is 24.0. The zero-order valence-electron chi connectivity index (χ0n) is 17.4. The Labute approximate surface area is 188 Å². The zero-order chi connectivity index (χ0) is 22.9. The SMILES string of the molecule is Cc1nc(N2CCN(c3cccc(C(F)(F)F)c3)CC2)[nH]c(=O)c1Cc1cccc(Cl)c1. The number of aromatic amines is 1. The van der Waals surface area contributed by atoms with Gasteiger partial charge in [-0.2, -0.15) is 13.2 Å². The molecule has 3 aromatic rings. The van der Waals surface area contributed by atoms with Crippen LogP contribution < -0.4 is 15.4 Å². The molecule has 0 unspecified atom stereocenters. The quantitative estimate of drug-likeness (QED) is 0.612. The molecular formula is C23H22ClF3N4O. The number of nitrogens with one attached hydrogen (secondary N) is 1. The Balaban J connectivity index is 1.46. The van der Waals surface area contributed by atoms with Gasteiger partial charge < -0.3 is 9.80 Å². The summed E-state index contributed by atoms with van der Waals surface area (Å²) in [6.45, 7) is 3.92. The standard InChI is InChI=1S/C23H22ClF3N4O/c1-15-20(13-16-4-2-6-18(24)12-16)21(32)29-22(28-15)31-10-8-30(9-11-31)19-7-3-5-17(14-19)23(25,26)27/h2-7,12,14H,8-11,13H2,1H3,(H,28,29,32). The van der Waals surface area contributed by atoms with Gasteiger partial charge in [-0.25, -0.2) is 4.98 Å². The van der Waals surface area contributed by atoms with Gasteiger partial charge in [-0.3, -0.25) is 9.78 Å². The van der Waals surface area contributed by atoms with Crippen molar-refractivity contribution in [3.8, 4) is 0 Å². The predicted molar refractivity (Wildman–Crippen MR) is 120 cm³/mol. The van der Waals surface area contributed by atoms with E-state index in [4.69, 9.17) is 11.6 Å². The van der Waals surface area contributed by atoms with Crippen molar-refractivity contribution in [1.29, 1.82) is 0 Å². The van der Waals surface area contributed by atoms with Gasteiger partial charge >= 0.3 is 6.18 Å². The molecule has 0 radical (unpaired) electrons. The number of hydrogen-bond donors (Lipinski definition) is 1. The molecule has 1 N–H and O–H groups in total. The Morgan fingerprint density at radius 3 is 2.38 bits per heavy atom. The Hall–Kier alpha value is -3.00. The number of H-pyrrole nitrogens is 1. The largest absolute Gasteiger partial charge is 0.416 e. The van der Waals surface area contributed by atoms with Crippen LogP contribution in [0.4, 0.5) is 24.8 Å². The van der Waals surface area contributed by atoms with Gasteiger partial charge in [0.15, 0.2) is 0 Å². The van der Waals surface area contributed by atoms with E-state index in [1.165, 1.54) is 12.1 Å². The minimum atomic E-state index is -4.37. The van der Waals surface area contributed by atoms with Crippen LogP contribution in [-0.4, -0.2) is 36.1 Å². The maximum atomic E-state index is 13.0. The Bertz CT molecular complexity index is 1170. The number of nitrogens with zero attached hydrogens (tertiary/aromatic N) is 3. The van der Waals surface area contributed by atoms with Crippen molar-refractivity contribution >= 4 is 23.2 Å². The number of aromatic nitrogens is 2. The number of alkyl halides is 3. The average molecular weight is 463 g/mol. The van der Waals surface area contributed by atoms with Crippen molar-refractivity contribution in [1.82, 2.24) is 9.97 Å². The minimum Gasteiger partial charge on any atom is -0.368 e. The summed E-state index contributed by atoms with van der Waals surface area (Å²) in [6, 6.07) is 12.7. The van der Waals surface area contributed by atoms with Crippen LogP contribution in [-0.2, 0) is 12.6 Å². The first kappa shape index (κ1) is 22.2. The second kappa shape index (κ2) is 8.86. The molecule has 0 aliphatic carbocycles. The molecule has 1 fully saturated rings. The summed E-state index contributed by atoms with van der Waals surface area (Å²) in [5, 5.41) is 0.611. The summed E-state index contributed by atoms with van der Waals surface area (Å²) in [5.41, 5.74) is 1.83. The highest BCUT2D eigenvalue weighted by molar-refractivity contribution is 6.30. The molecular weight excluding hydrogens is 441 g/mol. The smallest absolute Gasteiger partial charge is 0.368 e. The molecule has 1 aliphatic heterocycles. The summed E-state index contributed by atoms with van der Waals surface area (Å²) in [5.74, 6) is 0.478. The van der Waals surface area contributed by atoms with Crippen LogP contribution in [0.5, 0.6) is 0 Å². The van der Waals surface area contributed by atoms with E-state index >= 15 is 0 Å². The maximum absolute atomic E-state index is 13.0. The van der Waals surface area contributed by atoms with Gasteiger partial charge in [0.2, 0.25) is 5.95 Å². The summed E-state index contributed by atoms with van der Waals surface area (Å²) < 4.78 is 39.0. The van der Waals surface area contributed by atoms with E-state index in [1.54, 1.807) is 19.1 Å². The lowest BCUT2D eigenvalue weighted by Gasteiger charge is -2.36. The normalized spacial score (nSPS) is 14.7. The van der Waals surface area contributed by atoms with Gasteiger partial charge in [0.1, 0.15) is 0 Å². The number of benzene rings is 2. The first-order valence-corrected chi connectivity index (χ1v) is 10.6. The molecule has 1 aliphatic rings.